The third-order valence-electron chi connectivity index (χ3n) is 5.75. The Hall–Kier alpha value is -3.27. The van der Waals surface area contributed by atoms with Gasteiger partial charge in [0, 0.05) is 11.1 Å². The number of benzene rings is 3. The molecule has 4 heteroatoms. The highest BCUT2D eigenvalue weighted by atomic mass is 16.3. The fourth-order valence-corrected chi connectivity index (χ4v) is 4.50. The lowest BCUT2D eigenvalue weighted by Crippen LogP contribution is -2.43. The molecule has 0 saturated heterocycles. The van der Waals surface area contributed by atoms with Crippen LogP contribution in [-0.2, 0) is 23.1 Å². The molecule has 1 spiro atoms. The lowest BCUT2D eigenvalue weighted by atomic mass is 9.61. The SMILES string of the molecule is O=C1C=Cc2ccc(O)cc2C12Cc1c(O)ccc3ccc(O)c(c13)C2. The van der Waals surface area contributed by atoms with Crippen LogP contribution in [-0.4, -0.2) is 21.1 Å². The van der Waals surface area contributed by atoms with Gasteiger partial charge >= 0.3 is 0 Å². The van der Waals surface area contributed by atoms with Crippen LogP contribution in [0.1, 0.15) is 22.3 Å². The summed E-state index contributed by atoms with van der Waals surface area (Å²) in [6.07, 6.45) is 3.96. The number of allylic oxidation sites excluding steroid dienone is 1. The summed E-state index contributed by atoms with van der Waals surface area (Å²) >= 11 is 0. The maximum atomic E-state index is 13.1. The highest BCUT2D eigenvalue weighted by Crippen LogP contribution is 2.49. The maximum Gasteiger partial charge on any atom is 0.166 e. The number of hydrogen-bond acceptors (Lipinski definition) is 4. The molecule has 0 aromatic heterocycles. The number of carbonyl (C=O) groups excluding carboxylic acids is 1. The fourth-order valence-electron chi connectivity index (χ4n) is 4.50. The van der Waals surface area contributed by atoms with Crippen molar-refractivity contribution in [2.24, 2.45) is 0 Å². The molecule has 0 unspecified atom stereocenters. The van der Waals surface area contributed by atoms with Gasteiger partial charge in [-0.1, -0.05) is 24.3 Å². The number of aromatic hydroxyl groups is 3. The lowest BCUT2D eigenvalue weighted by Gasteiger charge is -2.39. The van der Waals surface area contributed by atoms with Crippen molar-refractivity contribution in [3.05, 3.63) is 70.8 Å². The molecule has 0 radical (unpaired) electrons. The molecule has 2 aliphatic carbocycles. The third kappa shape index (κ3) is 1.81. The Labute approximate surface area is 149 Å². The van der Waals surface area contributed by atoms with E-state index in [-0.39, 0.29) is 23.0 Å². The van der Waals surface area contributed by atoms with Crippen molar-refractivity contribution in [1.29, 1.82) is 0 Å². The monoisotopic (exact) mass is 344 g/mol. The predicted octanol–water partition coefficient (Wildman–Crippen LogP) is 3.59. The summed E-state index contributed by atoms with van der Waals surface area (Å²) in [6.45, 7) is 0. The van der Waals surface area contributed by atoms with Crippen LogP contribution in [0.15, 0.2) is 48.5 Å². The molecule has 2 aliphatic rings. The topological polar surface area (TPSA) is 77.8 Å². The largest absolute Gasteiger partial charge is 0.508 e. The van der Waals surface area contributed by atoms with E-state index >= 15 is 0 Å². The van der Waals surface area contributed by atoms with Crippen molar-refractivity contribution in [2.45, 2.75) is 18.3 Å². The smallest absolute Gasteiger partial charge is 0.166 e. The molecule has 0 atom stereocenters. The van der Waals surface area contributed by atoms with Crippen molar-refractivity contribution >= 4 is 22.6 Å². The Morgan fingerprint density at radius 3 is 2.12 bits per heavy atom. The number of phenols is 3. The minimum absolute atomic E-state index is 0.0825. The summed E-state index contributed by atoms with van der Waals surface area (Å²) in [6, 6.07) is 11.9. The molecule has 0 fully saturated rings. The van der Waals surface area contributed by atoms with Gasteiger partial charge < -0.3 is 15.3 Å². The van der Waals surface area contributed by atoms with Gasteiger partial charge in [-0.3, -0.25) is 4.79 Å². The second-order valence-electron chi connectivity index (χ2n) is 7.13. The van der Waals surface area contributed by atoms with Gasteiger partial charge in [-0.05, 0) is 65.1 Å². The standard InChI is InChI=1S/C22H16O4/c23-14-5-1-12-4-8-20(26)22(17(12)9-14)10-15-18(24)6-2-13-3-7-19(25)16(11-22)21(13)15/h1-9,23-25H,10-11H2. The number of fused-ring (bicyclic) bond motifs is 2. The van der Waals surface area contributed by atoms with Gasteiger partial charge in [0.1, 0.15) is 17.2 Å². The molecule has 128 valence electrons. The Balaban J connectivity index is 1.85. The van der Waals surface area contributed by atoms with Crippen molar-refractivity contribution < 1.29 is 20.1 Å². The first-order chi connectivity index (χ1) is 12.5. The van der Waals surface area contributed by atoms with Crippen LogP contribution in [0.3, 0.4) is 0 Å². The molecule has 3 aromatic carbocycles. The number of ketones is 1. The van der Waals surface area contributed by atoms with Crippen LogP contribution in [0.25, 0.3) is 16.8 Å². The van der Waals surface area contributed by atoms with Crippen LogP contribution in [0.2, 0.25) is 0 Å². The first-order valence-corrected chi connectivity index (χ1v) is 8.51. The number of carbonyl (C=O) groups is 1. The Kier molecular flexibility index (Phi) is 2.82. The number of hydrogen-bond donors (Lipinski definition) is 3. The molecule has 0 bridgehead atoms. The van der Waals surface area contributed by atoms with Crippen LogP contribution < -0.4 is 0 Å². The highest BCUT2D eigenvalue weighted by Gasteiger charge is 2.46. The Bertz CT molecular complexity index is 1090. The van der Waals surface area contributed by atoms with E-state index in [1.54, 1.807) is 42.5 Å². The molecule has 0 aliphatic heterocycles. The average Bonchev–Trinajstić information content (AvgIpc) is 2.64. The summed E-state index contributed by atoms with van der Waals surface area (Å²) in [5, 5.41) is 32.8. The zero-order valence-corrected chi connectivity index (χ0v) is 13.9. The number of rotatable bonds is 0. The summed E-state index contributed by atoms with van der Waals surface area (Å²) in [5.41, 5.74) is 1.99. The van der Waals surface area contributed by atoms with Crippen molar-refractivity contribution in [3.63, 3.8) is 0 Å². The summed E-state index contributed by atoms with van der Waals surface area (Å²) in [5.74, 6) is 0.248. The van der Waals surface area contributed by atoms with Crippen LogP contribution >= 0.6 is 0 Å². The van der Waals surface area contributed by atoms with Crippen LogP contribution in [0.4, 0.5) is 0 Å². The summed E-state index contributed by atoms with van der Waals surface area (Å²) < 4.78 is 0. The third-order valence-corrected chi connectivity index (χ3v) is 5.75. The molecule has 0 amide bonds. The molecular weight excluding hydrogens is 328 g/mol. The van der Waals surface area contributed by atoms with Crippen molar-refractivity contribution in [1.82, 2.24) is 0 Å². The van der Waals surface area contributed by atoms with E-state index < -0.39 is 5.41 Å². The van der Waals surface area contributed by atoms with E-state index in [2.05, 4.69) is 0 Å². The zero-order valence-electron chi connectivity index (χ0n) is 13.9. The molecule has 0 heterocycles. The molecule has 3 N–H and O–H groups in total. The van der Waals surface area contributed by atoms with Gasteiger partial charge in [0.15, 0.2) is 5.78 Å². The van der Waals surface area contributed by atoms with E-state index in [1.165, 1.54) is 0 Å². The molecule has 5 rings (SSSR count). The molecule has 26 heavy (non-hydrogen) atoms. The van der Waals surface area contributed by atoms with Gasteiger partial charge in [-0.15, -0.1) is 0 Å². The van der Waals surface area contributed by atoms with Crippen LogP contribution in [0.5, 0.6) is 17.2 Å². The Morgan fingerprint density at radius 1 is 0.808 bits per heavy atom. The van der Waals surface area contributed by atoms with Crippen molar-refractivity contribution in [2.75, 3.05) is 0 Å². The Morgan fingerprint density at radius 2 is 1.46 bits per heavy atom. The lowest BCUT2D eigenvalue weighted by molar-refractivity contribution is -0.120. The second-order valence-corrected chi connectivity index (χ2v) is 7.13. The van der Waals surface area contributed by atoms with Gasteiger partial charge in [0.25, 0.3) is 0 Å². The zero-order chi connectivity index (χ0) is 18.1. The quantitative estimate of drug-likeness (QED) is 0.582. The summed E-state index contributed by atoms with van der Waals surface area (Å²) in [7, 11) is 0. The predicted molar refractivity (Wildman–Crippen MR) is 98.5 cm³/mol. The van der Waals surface area contributed by atoms with E-state index in [0.29, 0.717) is 24.0 Å². The molecule has 4 nitrogen and oxygen atoms in total. The summed E-state index contributed by atoms with van der Waals surface area (Å²) in [4.78, 5) is 13.1. The van der Waals surface area contributed by atoms with E-state index in [9.17, 15) is 20.1 Å². The highest BCUT2D eigenvalue weighted by molar-refractivity contribution is 6.07. The van der Waals surface area contributed by atoms with Gasteiger partial charge in [-0.25, -0.2) is 0 Å². The molecule has 0 saturated carbocycles. The van der Waals surface area contributed by atoms with Gasteiger partial charge in [0.2, 0.25) is 0 Å². The van der Waals surface area contributed by atoms with E-state index in [4.69, 9.17) is 0 Å². The molecular formula is C22H16O4. The van der Waals surface area contributed by atoms with Crippen molar-refractivity contribution in [3.8, 4) is 17.2 Å². The van der Waals surface area contributed by atoms with Gasteiger partial charge in [0.05, 0.1) is 5.41 Å². The fraction of sp³-hybridized carbons (Fsp3) is 0.136. The normalized spacial score (nSPS) is 16.8. The van der Waals surface area contributed by atoms with Crippen LogP contribution in [0, 0.1) is 0 Å². The average molecular weight is 344 g/mol. The number of phenolic OH excluding ortho intramolecular Hbond substituents is 3. The molecule has 3 aromatic rings. The second kappa shape index (κ2) is 4.88. The minimum atomic E-state index is -0.944. The maximum absolute atomic E-state index is 13.1. The minimum Gasteiger partial charge on any atom is -0.508 e. The van der Waals surface area contributed by atoms with Gasteiger partial charge in [-0.2, -0.15) is 0 Å². The van der Waals surface area contributed by atoms with E-state index in [1.807, 2.05) is 12.1 Å². The first-order valence-electron chi connectivity index (χ1n) is 8.51. The van der Waals surface area contributed by atoms with E-state index in [0.717, 1.165) is 21.9 Å². The first kappa shape index (κ1) is 15.0.